The van der Waals surface area contributed by atoms with E-state index < -0.39 is 0 Å². The maximum absolute atomic E-state index is 7.00. The maximum Gasteiger partial charge on any atom is 0.0319 e. The van der Waals surface area contributed by atoms with Crippen molar-refractivity contribution in [3.05, 3.63) is 19.6 Å². The summed E-state index contributed by atoms with van der Waals surface area (Å²) in [5.41, 5.74) is 0. The monoisotopic (exact) mass is 131 g/mol. The molecule has 0 radical (unpaired) electrons. The van der Waals surface area contributed by atoms with Gasteiger partial charge in [0.25, 0.3) is 0 Å². The fourth-order valence-corrected chi connectivity index (χ4v) is 0. The molecule has 1 N–H and O–H groups in total. The summed E-state index contributed by atoms with van der Waals surface area (Å²) in [6.45, 7) is 6.50. The number of hydrogen-bond acceptors (Lipinski definition) is 1. The van der Waals surface area contributed by atoms with Crippen LogP contribution in [0.5, 0.6) is 0 Å². The largest absolute Gasteiger partial charge is 0.400 e. The van der Waals surface area contributed by atoms with Gasteiger partial charge in [-0.3, -0.25) is 0 Å². The molecular formula is C4H9NiO-. The topological polar surface area (TPSA) is 20.2 Å². The van der Waals surface area contributed by atoms with Gasteiger partial charge in [-0.1, -0.05) is 0 Å². The van der Waals surface area contributed by atoms with Gasteiger partial charge < -0.3 is 5.11 Å². The predicted octanol–water partition coefficient (Wildman–Crippen LogP) is 0.612. The van der Waals surface area contributed by atoms with Crippen molar-refractivity contribution in [2.45, 2.75) is 0 Å². The Morgan fingerprint density at radius 3 is 1.67 bits per heavy atom. The Hall–Kier alpha value is 0.0635. The molecule has 0 aliphatic rings. The van der Waals surface area contributed by atoms with E-state index in [1.165, 1.54) is 6.08 Å². The van der Waals surface area contributed by atoms with Crippen molar-refractivity contribution in [1.82, 2.24) is 0 Å². The van der Waals surface area contributed by atoms with Crippen molar-refractivity contribution in [3.63, 3.8) is 0 Å². The zero-order valence-electron chi connectivity index (χ0n) is 3.76. The quantitative estimate of drug-likeness (QED) is 0.378. The molecular weight excluding hydrogens is 123 g/mol. The Kier molecular flexibility index (Phi) is 204. The van der Waals surface area contributed by atoms with Crippen LogP contribution in [0.15, 0.2) is 12.7 Å². The summed E-state index contributed by atoms with van der Waals surface area (Å²) in [6.07, 6.45) is 1.50. The molecule has 0 unspecified atom stereocenters. The first kappa shape index (κ1) is 16.6. The van der Waals surface area contributed by atoms with Crippen molar-refractivity contribution >= 4 is 0 Å². The molecule has 2 heteroatoms. The molecule has 6 heavy (non-hydrogen) atoms. The van der Waals surface area contributed by atoms with E-state index in [9.17, 15) is 0 Å². The molecule has 0 saturated heterocycles. The second-order valence-electron chi connectivity index (χ2n) is 0.289. The first-order valence-electron chi connectivity index (χ1n) is 1.26. The molecule has 0 spiro atoms. The average molecular weight is 132 g/mol. The van der Waals surface area contributed by atoms with Gasteiger partial charge in [-0.05, 0) is 0 Å². The summed E-state index contributed by atoms with van der Waals surface area (Å²) < 4.78 is 0. The molecule has 0 aromatic heterocycles. The molecule has 0 saturated carbocycles. The van der Waals surface area contributed by atoms with E-state index in [4.69, 9.17) is 5.11 Å². The molecule has 0 aliphatic carbocycles. The van der Waals surface area contributed by atoms with E-state index in [2.05, 4.69) is 13.5 Å². The van der Waals surface area contributed by atoms with Gasteiger partial charge in [0.1, 0.15) is 0 Å². The van der Waals surface area contributed by atoms with Crippen LogP contribution in [0, 0.1) is 6.92 Å². The number of aliphatic hydroxyl groups is 1. The second-order valence-corrected chi connectivity index (χ2v) is 0.289. The number of rotatable bonds is 0. The van der Waals surface area contributed by atoms with Crippen LogP contribution in [-0.4, -0.2) is 12.2 Å². The summed E-state index contributed by atoms with van der Waals surface area (Å²) in [6, 6.07) is 0. The Labute approximate surface area is 49.0 Å². The SMILES string of the molecule is C=C[CH2-].CO.[Ni]. The summed E-state index contributed by atoms with van der Waals surface area (Å²) in [7, 11) is 1.00. The van der Waals surface area contributed by atoms with E-state index in [0.29, 0.717) is 0 Å². The maximum atomic E-state index is 7.00. The van der Waals surface area contributed by atoms with Gasteiger partial charge in [0.2, 0.25) is 0 Å². The van der Waals surface area contributed by atoms with Crippen LogP contribution in [0.2, 0.25) is 0 Å². The smallest absolute Gasteiger partial charge is 0.0319 e. The van der Waals surface area contributed by atoms with Gasteiger partial charge in [0.05, 0.1) is 0 Å². The molecule has 0 fully saturated rings. The summed E-state index contributed by atoms with van der Waals surface area (Å²) in [5.74, 6) is 0. The van der Waals surface area contributed by atoms with Crippen LogP contribution < -0.4 is 0 Å². The Balaban J connectivity index is -0.0000000275. The third kappa shape index (κ3) is 9460. The fourth-order valence-electron chi connectivity index (χ4n) is 0. The standard InChI is InChI=1S/C3H5.CH4O.Ni/c1-3-2;1-2;/h3H,1-2H2;2H,1H3;/q-1;;. The molecule has 0 rings (SSSR count). The summed E-state index contributed by atoms with van der Waals surface area (Å²) in [4.78, 5) is 0. The normalized spacial score (nSPS) is 3.00. The first-order valence-corrected chi connectivity index (χ1v) is 1.26. The Morgan fingerprint density at radius 2 is 1.67 bits per heavy atom. The van der Waals surface area contributed by atoms with Gasteiger partial charge >= 0.3 is 0 Å². The molecule has 0 atom stereocenters. The van der Waals surface area contributed by atoms with Crippen LogP contribution >= 0.6 is 0 Å². The van der Waals surface area contributed by atoms with Crippen molar-refractivity contribution in [2.75, 3.05) is 7.11 Å². The molecule has 0 bridgehead atoms. The van der Waals surface area contributed by atoms with Crippen molar-refractivity contribution in [2.24, 2.45) is 0 Å². The van der Waals surface area contributed by atoms with E-state index in [1.54, 1.807) is 0 Å². The van der Waals surface area contributed by atoms with Crippen LogP contribution in [0.1, 0.15) is 0 Å². The third-order valence-electron chi connectivity index (χ3n) is 0. The minimum absolute atomic E-state index is 0. The predicted molar refractivity (Wildman–Crippen MR) is 23.7 cm³/mol. The number of hydrogen-bond donors (Lipinski definition) is 1. The van der Waals surface area contributed by atoms with Gasteiger partial charge in [-0.25, -0.2) is 19.6 Å². The van der Waals surface area contributed by atoms with Crippen LogP contribution in [-0.2, 0) is 16.5 Å². The van der Waals surface area contributed by atoms with Crippen molar-refractivity contribution in [3.8, 4) is 0 Å². The molecule has 1 nitrogen and oxygen atoms in total. The Morgan fingerprint density at radius 1 is 1.67 bits per heavy atom. The van der Waals surface area contributed by atoms with Crippen molar-refractivity contribution < 1.29 is 21.6 Å². The average Bonchev–Trinajstić information content (AvgIpc) is 1.46. The van der Waals surface area contributed by atoms with E-state index in [1.807, 2.05) is 0 Å². The number of allylic oxidation sites excluding steroid dienone is 1. The van der Waals surface area contributed by atoms with Gasteiger partial charge in [-0.15, -0.1) is 0 Å². The molecule has 0 aliphatic heterocycles. The zero-order chi connectivity index (χ0) is 4.71. The fraction of sp³-hybridized carbons (Fsp3) is 0.250. The van der Waals surface area contributed by atoms with Gasteiger partial charge in [0, 0.05) is 23.6 Å². The molecule has 0 aromatic carbocycles. The number of aliphatic hydroxyl groups excluding tert-OH is 1. The molecule has 42 valence electrons. The summed E-state index contributed by atoms with van der Waals surface area (Å²) >= 11 is 0. The Bertz CT molecular complexity index is 15.0. The van der Waals surface area contributed by atoms with Crippen LogP contribution in [0.3, 0.4) is 0 Å². The van der Waals surface area contributed by atoms with E-state index in [-0.39, 0.29) is 16.5 Å². The molecule has 0 amide bonds. The zero-order valence-corrected chi connectivity index (χ0v) is 4.74. The first-order chi connectivity index (χ1) is 2.41. The minimum atomic E-state index is 0. The second kappa shape index (κ2) is 73.9. The van der Waals surface area contributed by atoms with E-state index in [0.717, 1.165) is 7.11 Å². The molecule has 0 heterocycles. The minimum Gasteiger partial charge on any atom is -0.400 e. The van der Waals surface area contributed by atoms with Gasteiger partial charge in [0.15, 0.2) is 0 Å². The van der Waals surface area contributed by atoms with Crippen LogP contribution in [0.25, 0.3) is 0 Å². The van der Waals surface area contributed by atoms with Gasteiger partial charge in [-0.2, -0.15) is 0 Å². The van der Waals surface area contributed by atoms with Crippen molar-refractivity contribution in [1.29, 1.82) is 0 Å². The third-order valence-corrected chi connectivity index (χ3v) is 0. The molecule has 0 aromatic rings. The van der Waals surface area contributed by atoms with Crippen LogP contribution in [0.4, 0.5) is 0 Å². The summed E-state index contributed by atoms with van der Waals surface area (Å²) in [5, 5.41) is 7.00. The van der Waals surface area contributed by atoms with E-state index >= 15 is 0 Å².